The van der Waals surface area contributed by atoms with Gasteiger partial charge in [0.25, 0.3) is 5.91 Å². The number of rotatable bonds is 4. The maximum absolute atomic E-state index is 12.0. The van der Waals surface area contributed by atoms with Crippen LogP contribution in [0.15, 0.2) is 17.5 Å². The van der Waals surface area contributed by atoms with Crippen LogP contribution in [0.25, 0.3) is 0 Å². The van der Waals surface area contributed by atoms with Crippen molar-refractivity contribution in [3.8, 4) is 0 Å². The van der Waals surface area contributed by atoms with Gasteiger partial charge in [-0.1, -0.05) is 6.07 Å². The van der Waals surface area contributed by atoms with Gasteiger partial charge in [0, 0.05) is 6.04 Å². The highest BCUT2D eigenvalue weighted by atomic mass is 35.5. The predicted molar refractivity (Wildman–Crippen MR) is 82.5 cm³/mol. The monoisotopic (exact) mass is 317 g/mol. The van der Waals surface area contributed by atoms with E-state index in [4.69, 9.17) is 0 Å². The van der Waals surface area contributed by atoms with Gasteiger partial charge in [0.1, 0.15) is 6.04 Å². The van der Waals surface area contributed by atoms with Gasteiger partial charge in [-0.3, -0.25) is 9.59 Å². The van der Waals surface area contributed by atoms with Crippen LogP contribution in [0.1, 0.15) is 29.4 Å². The Balaban J connectivity index is 0.00000200. The molecule has 2 heterocycles. The summed E-state index contributed by atoms with van der Waals surface area (Å²) in [6.07, 6.45) is 1.88. The summed E-state index contributed by atoms with van der Waals surface area (Å²) in [7, 11) is 0. The average molecular weight is 318 g/mol. The van der Waals surface area contributed by atoms with Crippen molar-refractivity contribution in [3.63, 3.8) is 0 Å². The zero-order chi connectivity index (χ0) is 13.7. The second kappa shape index (κ2) is 8.24. The smallest absolute Gasteiger partial charge is 0.261 e. The lowest BCUT2D eigenvalue weighted by molar-refractivity contribution is -0.123. The van der Waals surface area contributed by atoms with E-state index >= 15 is 0 Å². The van der Waals surface area contributed by atoms with Crippen molar-refractivity contribution in [2.45, 2.75) is 31.8 Å². The highest BCUT2D eigenvalue weighted by Gasteiger charge is 2.21. The number of thiophene rings is 1. The Hall–Kier alpha value is -1.11. The van der Waals surface area contributed by atoms with Gasteiger partial charge < -0.3 is 16.0 Å². The molecule has 0 aromatic carbocycles. The van der Waals surface area contributed by atoms with Gasteiger partial charge in [-0.05, 0) is 44.3 Å². The summed E-state index contributed by atoms with van der Waals surface area (Å²) in [6.45, 7) is 3.57. The first-order chi connectivity index (χ1) is 9.16. The third-order valence-electron chi connectivity index (χ3n) is 3.17. The van der Waals surface area contributed by atoms with Crippen molar-refractivity contribution in [2.24, 2.45) is 0 Å². The summed E-state index contributed by atoms with van der Waals surface area (Å²) in [6, 6.07) is 3.27. The van der Waals surface area contributed by atoms with Crippen LogP contribution < -0.4 is 16.0 Å². The Kier molecular flexibility index (Phi) is 6.98. The topological polar surface area (TPSA) is 70.2 Å². The Morgan fingerprint density at radius 1 is 1.40 bits per heavy atom. The Labute approximate surface area is 128 Å². The Morgan fingerprint density at radius 3 is 2.70 bits per heavy atom. The van der Waals surface area contributed by atoms with E-state index in [-0.39, 0.29) is 30.3 Å². The maximum atomic E-state index is 12.0. The van der Waals surface area contributed by atoms with E-state index in [9.17, 15) is 9.59 Å². The molecule has 3 N–H and O–H groups in total. The highest BCUT2D eigenvalue weighted by Crippen LogP contribution is 2.08. The molecule has 1 saturated heterocycles. The van der Waals surface area contributed by atoms with Gasteiger partial charge in [-0.25, -0.2) is 0 Å². The minimum atomic E-state index is -0.510. The molecule has 1 aromatic heterocycles. The molecule has 1 aliphatic rings. The lowest BCUT2D eigenvalue weighted by Crippen LogP contribution is -2.50. The number of piperidine rings is 1. The Morgan fingerprint density at radius 2 is 2.10 bits per heavy atom. The number of hydrogen-bond acceptors (Lipinski definition) is 4. The molecular formula is C13H20ClN3O2S. The third-order valence-corrected chi connectivity index (χ3v) is 4.04. The molecule has 0 spiro atoms. The molecule has 1 aliphatic heterocycles. The fraction of sp³-hybridized carbons (Fsp3) is 0.538. The second-order valence-electron chi connectivity index (χ2n) is 4.71. The van der Waals surface area contributed by atoms with Gasteiger partial charge >= 0.3 is 0 Å². The van der Waals surface area contributed by atoms with Crippen molar-refractivity contribution in [1.29, 1.82) is 0 Å². The molecule has 0 aliphatic carbocycles. The van der Waals surface area contributed by atoms with Gasteiger partial charge in [0.2, 0.25) is 5.91 Å². The van der Waals surface area contributed by atoms with E-state index in [1.807, 2.05) is 11.4 Å². The molecule has 1 unspecified atom stereocenters. The van der Waals surface area contributed by atoms with Crippen LogP contribution in [0.3, 0.4) is 0 Å². The van der Waals surface area contributed by atoms with Crippen LogP contribution in [0.5, 0.6) is 0 Å². The molecule has 1 fully saturated rings. The van der Waals surface area contributed by atoms with E-state index in [0.29, 0.717) is 4.88 Å². The molecule has 2 rings (SSSR count). The second-order valence-corrected chi connectivity index (χ2v) is 5.65. The van der Waals surface area contributed by atoms with Gasteiger partial charge in [-0.15, -0.1) is 23.7 Å². The molecule has 1 aromatic rings. The molecule has 7 heteroatoms. The minimum absolute atomic E-state index is 0. The normalized spacial score (nSPS) is 16.9. The zero-order valence-electron chi connectivity index (χ0n) is 11.3. The zero-order valence-corrected chi connectivity index (χ0v) is 13.0. The number of amides is 2. The van der Waals surface area contributed by atoms with Crippen molar-refractivity contribution >= 4 is 35.6 Å². The van der Waals surface area contributed by atoms with Crippen LogP contribution in [-0.2, 0) is 4.79 Å². The quantitative estimate of drug-likeness (QED) is 0.780. The number of hydrogen-bond donors (Lipinski definition) is 3. The third kappa shape index (κ3) is 4.77. The first-order valence-electron chi connectivity index (χ1n) is 6.52. The maximum Gasteiger partial charge on any atom is 0.261 e. The first kappa shape index (κ1) is 16.9. The van der Waals surface area contributed by atoms with Crippen molar-refractivity contribution in [2.75, 3.05) is 13.1 Å². The lowest BCUT2D eigenvalue weighted by atomic mass is 10.1. The van der Waals surface area contributed by atoms with Crippen LogP contribution in [0.2, 0.25) is 0 Å². The molecular weight excluding hydrogens is 298 g/mol. The summed E-state index contributed by atoms with van der Waals surface area (Å²) in [5, 5.41) is 10.8. The summed E-state index contributed by atoms with van der Waals surface area (Å²) in [5.74, 6) is -0.306. The number of halogens is 1. The largest absolute Gasteiger partial charge is 0.351 e. The standard InChI is InChI=1S/C13H19N3O2S.ClH/c1-9(15-13(18)11-3-2-8-19-11)12(17)16-10-4-6-14-7-5-10;/h2-3,8-10,14H,4-7H2,1H3,(H,15,18)(H,16,17);1H. The van der Waals surface area contributed by atoms with E-state index in [1.54, 1.807) is 13.0 Å². The summed E-state index contributed by atoms with van der Waals surface area (Å²) in [5.41, 5.74) is 0. The summed E-state index contributed by atoms with van der Waals surface area (Å²) in [4.78, 5) is 24.4. The van der Waals surface area contributed by atoms with Gasteiger partial charge in [0.15, 0.2) is 0 Å². The molecule has 20 heavy (non-hydrogen) atoms. The number of nitrogens with one attached hydrogen (secondary N) is 3. The molecule has 0 bridgehead atoms. The van der Waals surface area contributed by atoms with Crippen LogP contribution in [0, 0.1) is 0 Å². The van der Waals surface area contributed by atoms with E-state index < -0.39 is 6.04 Å². The number of carbonyl (C=O) groups is 2. The fourth-order valence-electron chi connectivity index (χ4n) is 2.03. The average Bonchev–Trinajstić information content (AvgIpc) is 2.93. The van der Waals surface area contributed by atoms with Crippen molar-refractivity contribution < 1.29 is 9.59 Å². The Bertz CT molecular complexity index is 433. The van der Waals surface area contributed by atoms with Gasteiger partial charge in [-0.2, -0.15) is 0 Å². The summed E-state index contributed by atoms with van der Waals surface area (Å²) < 4.78 is 0. The van der Waals surface area contributed by atoms with Crippen molar-refractivity contribution in [3.05, 3.63) is 22.4 Å². The lowest BCUT2D eigenvalue weighted by Gasteiger charge is -2.25. The molecule has 2 amide bonds. The SMILES string of the molecule is CC(NC(=O)c1cccs1)C(=O)NC1CCNCC1.Cl. The predicted octanol–water partition coefficient (Wildman–Crippen LogP) is 1.16. The minimum Gasteiger partial charge on any atom is -0.351 e. The molecule has 0 radical (unpaired) electrons. The van der Waals surface area contributed by atoms with E-state index in [1.165, 1.54) is 11.3 Å². The molecule has 1 atom stereocenters. The van der Waals surface area contributed by atoms with E-state index in [0.717, 1.165) is 25.9 Å². The van der Waals surface area contributed by atoms with Crippen LogP contribution in [-0.4, -0.2) is 37.0 Å². The van der Waals surface area contributed by atoms with Crippen molar-refractivity contribution in [1.82, 2.24) is 16.0 Å². The van der Waals surface area contributed by atoms with Gasteiger partial charge in [0.05, 0.1) is 4.88 Å². The fourth-order valence-corrected chi connectivity index (χ4v) is 2.66. The molecule has 5 nitrogen and oxygen atoms in total. The van der Waals surface area contributed by atoms with Crippen LogP contribution >= 0.6 is 23.7 Å². The highest BCUT2D eigenvalue weighted by molar-refractivity contribution is 7.12. The molecule has 0 saturated carbocycles. The van der Waals surface area contributed by atoms with Crippen LogP contribution in [0.4, 0.5) is 0 Å². The first-order valence-corrected chi connectivity index (χ1v) is 7.40. The van der Waals surface area contributed by atoms with E-state index in [2.05, 4.69) is 16.0 Å². The molecule has 112 valence electrons. The number of carbonyl (C=O) groups excluding carboxylic acids is 2. The summed E-state index contributed by atoms with van der Waals surface area (Å²) >= 11 is 1.37.